The smallest absolute Gasteiger partial charge is 0.177 e. The summed E-state index contributed by atoms with van der Waals surface area (Å²) in [7, 11) is 1.62. The van der Waals surface area contributed by atoms with Crippen molar-refractivity contribution in [3.05, 3.63) is 29.2 Å². The molecule has 2 aromatic heterocycles. The molecule has 104 valence electrons. The minimum atomic E-state index is 0.459. The zero-order chi connectivity index (χ0) is 14.3. The van der Waals surface area contributed by atoms with E-state index in [1.165, 1.54) is 0 Å². The zero-order valence-corrected chi connectivity index (χ0v) is 11.8. The predicted molar refractivity (Wildman–Crippen MR) is 76.4 cm³/mol. The Bertz CT molecular complexity index is 734. The number of aryl methyl sites for hydroxylation is 3. The maximum atomic E-state index is 10.7. The number of aldehydes is 1. The number of ether oxygens (including phenoxy) is 1. The summed E-state index contributed by atoms with van der Waals surface area (Å²) in [6.45, 7) is 3.80. The molecule has 0 N–H and O–H groups in total. The fourth-order valence-electron chi connectivity index (χ4n) is 2.71. The first-order chi connectivity index (χ1) is 9.65. The Kier molecular flexibility index (Phi) is 3.01. The predicted octanol–water partition coefficient (Wildman–Crippen LogP) is 3.94. The van der Waals surface area contributed by atoms with Crippen molar-refractivity contribution in [1.29, 1.82) is 0 Å². The van der Waals surface area contributed by atoms with E-state index in [4.69, 9.17) is 13.6 Å². The van der Waals surface area contributed by atoms with Gasteiger partial charge in [-0.1, -0.05) is 0 Å². The van der Waals surface area contributed by atoms with Gasteiger partial charge in [-0.15, -0.1) is 0 Å². The molecule has 0 saturated heterocycles. The number of hydrogen-bond acceptors (Lipinski definition) is 4. The Morgan fingerprint density at radius 1 is 1.10 bits per heavy atom. The second kappa shape index (κ2) is 4.71. The highest BCUT2D eigenvalue weighted by atomic mass is 16.5. The molecule has 0 aliphatic rings. The number of hydrogen-bond donors (Lipinski definition) is 0. The maximum absolute atomic E-state index is 10.7. The molecular formula is C16H16O4. The van der Waals surface area contributed by atoms with Crippen LogP contribution in [-0.4, -0.2) is 13.4 Å². The lowest BCUT2D eigenvalue weighted by molar-refractivity contribution is -0.107. The molecule has 0 spiro atoms. The van der Waals surface area contributed by atoms with Crippen molar-refractivity contribution < 1.29 is 18.4 Å². The Labute approximate surface area is 116 Å². The molecular weight excluding hydrogens is 256 g/mol. The largest absolute Gasteiger partial charge is 0.492 e. The van der Waals surface area contributed by atoms with Crippen molar-refractivity contribution in [1.82, 2.24) is 0 Å². The summed E-state index contributed by atoms with van der Waals surface area (Å²) in [6, 6.07) is 3.91. The average molecular weight is 272 g/mol. The van der Waals surface area contributed by atoms with Crippen molar-refractivity contribution in [2.45, 2.75) is 26.7 Å². The summed E-state index contributed by atoms with van der Waals surface area (Å²) >= 11 is 0. The standard InChI is InChI=1S/C16H16O4/c1-9-7-12-11(5-4-6-17)14-13(8-10(2)19-14)15(18-3)16(12)20-9/h6-8H,4-5H2,1-3H3. The Balaban J connectivity index is 2.43. The van der Waals surface area contributed by atoms with Crippen LogP contribution in [0, 0.1) is 13.8 Å². The Hall–Kier alpha value is -2.23. The van der Waals surface area contributed by atoms with Crippen LogP contribution in [0.25, 0.3) is 21.9 Å². The lowest BCUT2D eigenvalue weighted by Gasteiger charge is -2.07. The molecule has 0 saturated carbocycles. The lowest BCUT2D eigenvalue weighted by atomic mass is 10.0. The van der Waals surface area contributed by atoms with Crippen LogP contribution < -0.4 is 4.74 Å². The number of fused-ring (bicyclic) bond motifs is 2. The van der Waals surface area contributed by atoms with E-state index < -0.39 is 0 Å². The Morgan fingerprint density at radius 2 is 1.75 bits per heavy atom. The highest BCUT2D eigenvalue weighted by molar-refractivity contribution is 6.04. The van der Waals surface area contributed by atoms with Crippen molar-refractivity contribution in [3.63, 3.8) is 0 Å². The fourth-order valence-corrected chi connectivity index (χ4v) is 2.71. The van der Waals surface area contributed by atoms with E-state index in [2.05, 4.69) is 0 Å². The summed E-state index contributed by atoms with van der Waals surface area (Å²) < 4.78 is 17.1. The highest BCUT2D eigenvalue weighted by Crippen LogP contribution is 2.41. The molecule has 0 amide bonds. The quantitative estimate of drug-likeness (QED) is 0.675. The third kappa shape index (κ3) is 1.80. The number of furan rings is 2. The van der Waals surface area contributed by atoms with Gasteiger partial charge in [-0.3, -0.25) is 0 Å². The van der Waals surface area contributed by atoms with Crippen LogP contribution in [0.5, 0.6) is 5.75 Å². The van der Waals surface area contributed by atoms with Gasteiger partial charge in [0.15, 0.2) is 11.3 Å². The minimum Gasteiger partial charge on any atom is -0.492 e. The molecule has 20 heavy (non-hydrogen) atoms. The van der Waals surface area contributed by atoms with Crippen LogP contribution in [0.1, 0.15) is 23.5 Å². The van der Waals surface area contributed by atoms with Gasteiger partial charge in [-0.05, 0) is 32.4 Å². The normalized spacial score (nSPS) is 11.3. The van der Waals surface area contributed by atoms with Crippen molar-refractivity contribution in [2.24, 2.45) is 0 Å². The number of benzene rings is 1. The van der Waals surface area contributed by atoms with E-state index in [1.807, 2.05) is 26.0 Å². The summed E-state index contributed by atoms with van der Waals surface area (Å²) in [5.41, 5.74) is 2.52. The summed E-state index contributed by atoms with van der Waals surface area (Å²) in [5.74, 6) is 2.32. The second-order valence-electron chi connectivity index (χ2n) is 4.92. The topological polar surface area (TPSA) is 52.6 Å². The molecule has 2 heterocycles. The van der Waals surface area contributed by atoms with Gasteiger partial charge >= 0.3 is 0 Å². The first kappa shape index (κ1) is 12.8. The molecule has 1 aromatic carbocycles. The minimum absolute atomic E-state index is 0.459. The van der Waals surface area contributed by atoms with Gasteiger partial charge in [0, 0.05) is 17.4 Å². The molecule has 0 atom stereocenters. The van der Waals surface area contributed by atoms with E-state index in [9.17, 15) is 4.79 Å². The van der Waals surface area contributed by atoms with E-state index in [1.54, 1.807) is 7.11 Å². The van der Waals surface area contributed by atoms with Gasteiger partial charge in [0.1, 0.15) is 23.4 Å². The molecule has 0 radical (unpaired) electrons. The van der Waals surface area contributed by atoms with Crippen molar-refractivity contribution >= 4 is 28.2 Å². The van der Waals surface area contributed by atoms with Gasteiger partial charge in [-0.2, -0.15) is 0 Å². The third-order valence-corrected chi connectivity index (χ3v) is 3.48. The molecule has 4 heteroatoms. The second-order valence-corrected chi connectivity index (χ2v) is 4.92. The van der Waals surface area contributed by atoms with E-state index >= 15 is 0 Å². The SMILES string of the molecule is COc1c2cc(C)oc2c(CCC=O)c2cc(C)oc12. The number of carbonyl (C=O) groups excluding carboxylic acids is 1. The van der Waals surface area contributed by atoms with Crippen LogP contribution in [0.2, 0.25) is 0 Å². The third-order valence-electron chi connectivity index (χ3n) is 3.48. The van der Waals surface area contributed by atoms with Gasteiger partial charge in [0.2, 0.25) is 0 Å². The maximum Gasteiger partial charge on any atom is 0.177 e. The first-order valence-electron chi connectivity index (χ1n) is 6.58. The molecule has 3 aromatic rings. The van der Waals surface area contributed by atoms with Crippen LogP contribution in [0.15, 0.2) is 21.0 Å². The van der Waals surface area contributed by atoms with E-state index in [0.717, 1.165) is 45.3 Å². The number of methoxy groups -OCH3 is 1. The van der Waals surface area contributed by atoms with Crippen LogP contribution >= 0.6 is 0 Å². The Morgan fingerprint density at radius 3 is 2.40 bits per heavy atom. The van der Waals surface area contributed by atoms with E-state index in [0.29, 0.717) is 18.6 Å². The summed E-state index contributed by atoms with van der Waals surface area (Å²) in [5, 5.41) is 1.86. The summed E-state index contributed by atoms with van der Waals surface area (Å²) in [6.07, 6.45) is 2.01. The molecule has 0 aliphatic heterocycles. The fraction of sp³-hybridized carbons (Fsp3) is 0.312. The molecule has 4 nitrogen and oxygen atoms in total. The molecule has 0 fully saturated rings. The van der Waals surface area contributed by atoms with E-state index in [-0.39, 0.29) is 0 Å². The van der Waals surface area contributed by atoms with Crippen LogP contribution in [-0.2, 0) is 11.2 Å². The summed E-state index contributed by atoms with van der Waals surface area (Å²) in [4.78, 5) is 10.7. The molecule has 0 unspecified atom stereocenters. The van der Waals surface area contributed by atoms with Crippen molar-refractivity contribution in [3.8, 4) is 5.75 Å². The van der Waals surface area contributed by atoms with Gasteiger partial charge in [-0.25, -0.2) is 0 Å². The lowest BCUT2D eigenvalue weighted by Crippen LogP contribution is -1.92. The number of rotatable bonds is 4. The molecule has 0 bridgehead atoms. The van der Waals surface area contributed by atoms with Gasteiger partial charge in [0.25, 0.3) is 0 Å². The zero-order valence-electron chi connectivity index (χ0n) is 11.8. The van der Waals surface area contributed by atoms with Gasteiger partial charge < -0.3 is 18.4 Å². The highest BCUT2D eigenvalue weighted by Gasteiger charge is 2.20. The molecule has 3 rings (SSSR count). The average Bonchev–Trinajstić information content (AvgIpc) is 2.96. The molecule has 0 aliphatic carbocycles. The number of carbonyl (C=O) groups is 1. The van der Waals surface area contributed by atoms with Crippen LogP contribution in [0.3, 0.4) is 0 Å². The monoisotopic (exact) mass is 272 g/mol. The van der Waals surface area contributed by atoms with Crippen LogP contribution in [0.4, 0.5) is 0 Å². The van der Waals surface area contributed by atoms with Crippen molar-refractivity contribution in [2.75, 3.05) is 7.11 Å². The van der Waals surface area contributed by atoms with Gasteiger partial charge in [0.05, 0.1) is 12.5 Å². The first-order valence-corrected chi connectivity index (χ1v) is 6.58.